The number of nitrogens with one attached hydrogen (secondary N) is 2. The van der Waals surface area contributed by atoms with E-state index in [-0.39, 0.29) is 0 Å². The molecule has 3 nitrogen and oxygen atoms in total. The van der Waals surface area contributed by atoms with Crippen molar-refractivity contribution < 1.29 is 4.84 Å². The number of hydrogen-bond donors (Lipinski definition) is 2. The lowest BCUT2D eigenvalue weighted by Gasteiger charge is -1.80. The average Bonchev–Trinajstić information content (AvgIpc) is 1.76. The van der Waals surface area contributed by atoms with Gasteiger partial charge in [0.2, 0.25) is 0 Å². The first-order valence-corrected chi connectivity index (χ1v) is 1.44. The molecule has 1 fully saturated rings. The number of rotatable bonds is 0. The maximum atomic E-state index is 4.53. The van der Waals surface area contributed by atoms with Gasteiger partial charge in [-0.1, -0.05) is 0 Å². The molecule has 1 rings (SSSR count). The van der Waals surface area contributed by atoms with Crippen LogP contribution in [0.2, 0.25) is 0 Å². The second-order valence-electron chi connectivity index (χ2n) is 0.762. The van der Waals surface area contributed by atoms with E-state index in [1.807, 2.05) is 0 Å². The van der Waals surface area contributed by atoms with Crippen LogP contribution in [0.3, 0.4) is 0 Å². The van der Waals surface area contributed by atoms with Gasteiger partial charge in [0, 0.05) is 0 Å². The summed E-state index contributed by atoms with van der Waals surface area (Å²) in [6.45, 7) is 2.43. The Morgan fingerprint density at radius 1 is 1.80 bits per heavy atom. The van der Waals surface area contributed by atoms with Gasteiger partial charge in [-0.2, -0.15) is 0 Å². The fourth-order valence-electron chi connectivity index (χ4n) is 0.208. The van der Waals surface area contributed by atoms with E-state index in [2.05, 4.69) is 15.9 Å². The smallest absolute Gasteiger partial charge is 0.0882 e. The SMILES string of the molecule is [CH]1CONN1. The zero-order chi connectivity index (χ0) is 3.54. The van der Waals surface area contributed by atoms with Gasteiger partial charge in [0.1, 0.15) is 0 Å². The molecule has 1 aliphatic rings. The monoisotopic (exact) mass is 73.0 g/mol. The Bertz CT molecular complexity index is 19.2. The highest BCUT2D eigenvalue weighted by molar-refractivity contribution is 4.56. The molecule has 1 radical (unpaired) electrons. The molecule has 0 aromatic rings. The Balaban J connectivity index is 2.08. The van der Waals surface area contributed by atoms with Gasteiger partial charge in [0.25, 0.3) is 0 Å². The molecule has 1 heterocycles. The van der Waals surface area contributed by atoms with E-state index in [9.17, 15) is 0 Å². The van der Waals surface area contributed by atoms with Gasteiger partial charge in [-0.05, 0) is 0 Å². The summed E-state index contributed by atoms with van der Waals surface area (Å²) in [5.41, 5.74) is 5.04. The zero-order valence-corrected chi connectivity index (χ0v) is 2.69. The van der Waals surface area contributed by atoms with Crippen molar-refractivity contribution in [3.63, 3.8) is 0 Å². The maximum absolute atomic E-state index is 4.53. The largest absolute Gasteiger partial charge is 0.285 e. The summed E-state index contributed by atoms with van der Waals surface area (Å²) in [4.78, 5) is 4.53. The standard InChI is InChI=1S/C2H5N2O/c1-2-5-4-3-1/h1,3-4H,2H2. The summed E-state index contributed by atoms with van der Waals surface area (Å²) >= 11 is 0. The van der Waals surface area contributed by atoms with E-state index in [1.165, 1.54) is 0 Å². The molecular formula is C2H5N2O. The van der Waals surface area contributed by atoms with Crippen LogP contribution in [0.25, 0.3) is 0 Å². The fraction of sp³-hybridized carbons (Fsp3) is 0.500. The molecule has 0 saturated carbocycles. The van der Waals surface area contributed by atoms with Crippen molar-refractivity contribution in [3.05, 3.63) is 6.54 Å². The summed E-state index contributed by atoms with van der Waals surface area (Å²) in [6.07, 6.45) is 0. The number of hydrogen-bond acceptors (Lipinski definition) is 3. The fourth-order valence-corrected chi connectivity index (χ4v) is 0.208. The van der Waals surface area contributed by atoms with Gasteiger partial charge in [-0.25, -0.2) is 5.43 Å². The molecule has 1 saturated heterocycles. The first-order valence-electron chi connectivity index (χ1n) is 1.44. The minimum absolute atomic E-state index is 0.653. The summed E-state index contributed by atoms with van der Waals surface area (Å²) < 4.78 is 0. The Kier molecular flexibility index (Phi) is 0.834. The molecule has 29 valence electrons. The first-order chi connectivity index (χ1) is 2.50. The Morgan fingerprint density at radius 2 is 2.80 bits per heavy atom. The summed E-state index contributed by atoms with van der Waals surface area (Å²) in [6, 6.07) is 0. The normalized spacial score (nSPS) is 24.0. The third kappa shape index (κ3) is 0.576. The van der Waals surface area contributed by atoms with Gasteiger partial charge in [-0.3, -0.25) is 4.84 Å². The number of hydrazine groups is 1. The predicted molar refractivity (Wildman–Crippen MR) is 16.5 cm³/mol. The second-order valence-corrected chi connectivity index (χ2v) is 0.762. The molecule has 0 aliphatic carbocycles. The van der Waals surface area contributed by atoms with Crippen molar-refractivity contribution in [2.45, 2.75) is 0 Å². The molecule has 0 aromatic carbocycles. The van der Waals surface area contributed by atoms with E-state index in [0.29, 0.717) is 6.61 Å². The van der Waals surface area contributed by atoms with Crippen LogP contribution in [0, 0.1) is 6.54 Å². The van der Waals surface area contributed by atoms with Gasteiger partial charge in [-0.15, -0.1) is 5.59 Å². The lowest BCUT2D eigenvalue weighted by Crippen LogP contribution is -2.17. The highest BCUT2D eigenvalue weighted by atomic mass is 16.7. The van der Waals surface area contributed by atoms with E-state index < -0.39 is 0 Å². The Morgan fingerprint density at radius 3 is 3.00 bits per heavy atom. The molecule has 0 spiro atoms. The van der Waals surface area contributed by atoms with Crippen LogP contribution in [-0.4, -0.2) is 6.61 Å². The molecule has 0 unspecified atom stereocenters. The Labute approximate surface area is 30.2 Å². The van der Waals surface area contributed by atoms with Crippen LogP contribution in [-0.2, 0) is 4.84 Å². The molecular weight excluding hydrogens is 68.0 g/mol. The molecule has 3 heteroatoms. The minimum Gasteiger partial charge on any atom is -0.285 e. The van der Waals surface area contributed by atoms with Crippen molar-refractivity contribution >= 4 is 0 Å². The summed E-state index contributed by atoms with van der Waals surface area (Å²) in [7, 11) is 0. The van der Waals surface area contributed by atoms with Crippen LogP contribution in [0.5, 0.6) is 0 Å². The minimum atomic E-state index is 0.653. The average molecular weight is 73.1 g/mol. The lowest BCUT2D eigenvalue weighted by molar-refractivity contribution is 0.0861. The van der Waals surface area contributed by atoms with Crippen molar-refractivity contribution in [3.8, 4) is 0 Å². The summed E-state index contributed by atoms with van der Waals surface area (Å²) in [5, 5.41) is 0. The van der Waals surface area contributed by atoms with Gasteiger partial charge in [0.05, 0.1) is 13.2 Å². The molecule has 0 bridgehead atoms. The molecule has 2 N–H and O–H groups in total. The van der Waals surface area contributed by atoms with Crippen LogP contribution in [0.1, 0.15) is 0 Å². The third-order valence-electron chi connectivity index (χ3n) is 0.400. The molecule has 1 aliphatic heterocycles. The third-order valence-corrected chi connectivity index (χ3v) is 0.400. The molecule has 0 amide bonds. The highest BCUT2D eigenvalue weighted by Gasteiger charge is 1.92. The lowest BCUT2D eigenvalue weighted by atomic mass is 10.8. The van der Waals surface area contributed by atoms with E-state index >= 15 is 0 Å². The van der Waals surface area contributed by atoms with Crippen LogP contribution in [0.4, 0.5) is 0 Å². The van der Waals surface area contributed by atoms with Gasteiger partial charge >= 0.3 is 0 Å². The Hall–Kier alpha value is -0.120. The first kappa shape index (κ1) is 3.08. The van der Waals surface area contributed by atoms with Gasteiger partial charge in [0.15, 0.2) is 0 Å². The molecule has 5 heavy (non-hydrogen) atoms. The van der Waals surface area contributed by atoms with E-state index in [1.54, 1.807) is 6.54 Å². The zero-order valence-electron chi connectivity index (χ0n) is 2.69. The van der Waals surface area contributed by atoms with Crippen LogP contribution < -0.4 is 11.0 Å². The van der Waals surface area contributed by atoms with Crippen molar-refractivity contribution in [1.82, 2.24) is 11.0 Å². The predicted octanol–water partition coefficient (Wildman–Crippen LogP) is -0.812. The highest BCUT2D eigenvalue weighted by Crippen LogP contribution is 1.74. The van der Waals surface area contributed by atoms with E-state index in [4.69, 9.17) is 0 Å². The van der Waals surface area contributed by atoms with Crippen LogP contribution >= 0.6 is 0 Å². The molecule has 0 atom stereocenters. The second kappa shape index (κ2) is 1.35. The maximum Gasteiger partial charge on any atom is 0.0882 e. The van der Waals surface area contributed by atoms with Crippen molar-refractivity contribution in [2.24, 2.45) is 0 Å². The topological polar surface area (TPSA) is 33.3 Å². The van der Waals surface area contributed by atoms with Gasteiger partial charge < -0.3 is 0 Å². The van der Waals surface area contributed by atoms with Crippen LogP contribution in [0.15, 0.2) is 0 Å². The van der Waals surface area contributed by atoms with E-state index in [0.717, 1.165) is 0 Å². The summed E-state index contributed by atoms with van der Waals surface area (Å²) in [5.74, 6) is 0. The molecule has 0 aromatic heterocycles. The quantitative estimate of drug-likeness (QED) is 0.393. The van der Waals surface area contributed by atoms with Crippen molar-refractivity contribution in [2.75, 3.05) is 6.61 Å². The van der Waals surface area contributed by atoms with Crippen molar-refractivity contribution in [1.29, 1.82) is 0 Å².